The number of nitrogens with one attached hydrogen (secondary N) is 3. The van der Waals surface area contributed by atoms with Crippen molar-refractivity contribution >= 4 is 29.7 Å². The Kier molecular flexibility index (Phi) is 11.7. The van der Waals surface area contributed by atoms with E-state index in [4.69, 9.17) is 10.8 Å². The molecule has 1 aromatic rings. The third kappa shape index (κ3) is 9.85. The first-order valence-electron chi connectivity index (χ1n) is 11.0. The molecule has 14 nitrogen and oxygen atoms in total. The highest BCUT2D eigenvalue weighted by Gasteiger charge is 2.34. The third-order valence-corrected chi connectivity index (χ3v) is 5.12. The minimum atomic E-state index is -1.69. The number of nitrogens with two attached hydrogens (primary N) is 1. The van der Waals surface area contributed by atoms with Crippen molar-refractivity contribution in [2.24, 2.45) is 5.73 Å². The van der Waals surface area contributed by atoms with Crippen LogP contribution < -0.4 is 21.7 Å². The molecule has 14 heteroatoms. The van der Waals surface area contributed by atoms with Gasteiger partial charge in [0.2, 0.25) is 17.7 Å². The Bertz CT molecular complexity index is 935. The van der Waals surface area contributed by atoms with E-state index in [0.717, 1.165) is 6.92 Å². The van der Waals surface area contributed by atoms with Crippen molar-refractivity contribution in [1.82, 2.24) is 16.0 Å². The van der Waals surface area contributed by atoms with Crippen molar-refractivity contribution < 1.29 is 49.5 Å². The van der Waals surface area contributed by atoms with Gasteiger partial charge >= 0.3 is 11.9 Å². The second-order valence-corrected chi connectivity index (χ2v) is 8.26. The summed E-state index contributed by atoms with van der Waals surface area (Å²) in [6.07, 6.45) is -3.92. The number of carboxylic acids is 2. The van der Waals surface area contributed by atoms with Crippen LogP contribution in [0.3, 0.4) is 0 Å². The van der Waals surface area contributed by atoms with Crippen LogP contribution in [0.1, 0.15) is 32.3 Å². The molecule has 0 aliphatic rings. The standard InChI is InChI=1S/C22H32N4O10/c1-10(27)17(20(33)24-15(22(35)36)7-8-16(30)31)26-21(34)18(11(2)28)25-19(32)14(23)9-12-3-5-13(29)6-4-12/h3-6,10-11,14-15,17-18,27-29H,7-9,23H2,1-2H3,(H,24,33)(H,25,32)(H,26,34)(H,30,31)(H,35,36). The third-order valence-electron chi connectivity index (χ3n) is 5.12. The Morgan fingerprint density at radius 3 is 1.75 bits per heavy atom. The van der Waals surface area contributed by atoms with Gasteiger partial charge < -0.3 is 47.2 Å². The van der Waals surface area contributed by atoms with E-state index in [0.29, 0.717) is 5.56 Å². The van der Waals surface area contributed by atoms with Crippen LogP contribution in [0.4, 0.5) is 0 Å². The molecular formula is C22H32N4O10. The second-order valence-electron chi connectivity index (χ2n) is 8.26. The lowest BCUT2D eigenvalue weighted by atomic mass is 10.0. The molecule has 1 rings (SSSR count). The normalized spacial score (nSPS) is 15.9. The van der Waals surface area contributed by atoms with Gasteiger partial charge in [-0.25, -0.2) is 4.79 Å². The molecule has 0 radical (unpaired) electrons. The molecule has 1 aromatic carbocycles. The summed E-state index contributed by atoms with van der Waals surface area (Å²) in [6.45, 7) is 2.33. The van der Waals surface area contributed by atoms with Gasteiger partial charge in [-0.1, -0.05) is 12.1 Å². The number of carboxylic acid groups (broad SMARTS) is 2. The second kappa shape index (κ2) is 14.0. The van der Waals surface area contributed by atoms with Crippen molar-refractivity contribution in [2.75, 3.05) is 0 Å². The smallest absolute Gasteiger partial charge is 0.326 e. The fourth-order valence-electron chi connectivity index (χ4n) is 3.08. The lowest BCUT2D eigenvalue weighted by Gasteiger charge is -2.27. The maximum absolute atomic E-state index is 12.8. The molecule has 200 valence electrons. The van der Waals surface area contributed by atoms with Gasteiger partial charge in [0.05, 0.1) is 18.2 Å². The van der Waals surface area contributed by atoms with Gasteiger partial charge in [0.15, 0.2) is 0 Å². The molecule has 0 fully saturated rings. The maximum Gasteiger partial charge on any atom is 0.326 e. The van der Waals surface area contributed by atoms with E-state index in [2.05, 4.69) is 16.0 Å². The van der Waals surface area contributed by atoms with Crippen LogP contribution in [-0.4, -0.2) is 91.6 Å². The van der Waals surface area contributed by atoms with Crippen LogP contribution in [0.5, 0.6) is 5.75 Å². The Labute approximate surface area is 206 Å². The molecule has 0 heterocycles. The molecule has 0 bridgehead atoms. The molecule has 6 atom stereocenters. The first-order valence-corrected chi connectivity index (χ1v) is 11.0. The average molecular weight is 513 g/mol. The van der Waals surface area contributed by atoms with Crippen LogP contribution in [0.15, 0.2) is 24.3 Å². The van der Waals surface area contributed by atoms with Crippen LogP contribution in [0.25, 0.3) is 0 Å². The van der Waals surface area contributed by atoms with Crippen molar-refractivity contribution in [2.45, 2.75) is 69.5 Å². The summed E-state index contributed by atoms with van der Waals surface area (Å²) in [4.78, 5) is 59.9. The number of aliphatic carboxylic acids is 2. The number of rotatable bonds is 14. The number of carbonyl (C=O) groups is 5. The van der Waals surface area contributed by atoms with E-state index in [1.165, 1.54) is 19.1 Å². The van der Waals surface area contributed by atoms with Gasteiger partial charge in [-0.15, -0.1) is 0 Å². The zero-order chi connectivity index (χ0) is 27.6. The molecule has 0 aliphatic carbocycles. The zero-order valence-corrected chi connectivity index (χ0v) is 19.7. The highest BCUT2D eigenvalue weighted by molar-refractivity contribution is 5.94. The summed E-state index contributed by atoms with van der Waals surface area (Å²) in [5, 5.41) is 53.7. The SMILES string of the molecule is CC(O)C(NC(=O)C(N)Cc1ccc(O)cc1)C(=O)NC(C(=O)NC(CCC(=O)O)C(=O)O)C(C)O. The van der Waals surface area contributed by atoms with Crippen LogP contribution in [0, 0.1) is 0 Å². The van der Waals surface area contributed by atoms with E-state index in [9.17, 15) is 44.4 Å². The highest BCUT2D eigenvalue weighted by atomic mass is 16.4. The number of benzene rings is 1. The Morgan fingerprint density at radius 1 is 0.833 bits per heavy atom. The molecule has 10 N–H and O–H groups in total. The van der Waals surface area contributed by atoms with Gasteiger partial charge in [0, 0.05) is 6.42 Å². The Morgan fingerprint density at radius 2 is 1.31 bits per heavy atom. The number of amides is 3. The molecule has 0 saturated carbocycles. The predicted octanol–water partition coefficient (Wildman–Crippen LogP) is -2.57. The molecular weight excluding hydrogens is 480 g/mol. The predicted molar refractivity (Wildman–Crippen MR) is 123 cm³/mol. The molecule has 0 saturated heterocycles. The van der Waals surface area contributed by atoms with E-state index in [1.807, 2.05) is 0 Å². The summed E-state index contributed by atoms with van der Waals surface area (Å²) < 4.78 is 0. The zero-order valence-electron chi connectivity index (χ0n) is 19.7. The van der Waals surface area contributed by atoms with Crippen LogP contribution in [0.2, 0.25) is 0 Å². The van der Waals surface area contributed by atoms with E-state index in [1.54, 1.807) is 12.1 Å². The summed E-state index contributed by atoms with van der Waals surface area (Å²) in [7, 11) is 0. The number of aliphatic hydroxyl groups excluding tert-OH is 2. The van der Waals surface area contributed by atoms with Crippen molar-refractivity contribution in [3.8, 4) is 5.75 Å². The number of phenols is 1. The first-order chi connectivity index (χ1) is 16.7. The van der Waals surface area contributed by atoms with Gasteiger partial charge in [-0.2, -0.15) is 0 Å². The quantitative estimate of drug-likeness (QED) is 0.125. The van der Waals surface area contributed by atoms with E-state index < -0.39 is 78.9 Å². The minimum absolute atomic E-state index is 0.0240. The highest BCUT2D eigenvalue weighted by Crippen LogP contribution is 2.11. The number of hydrogen-bond acceptors (Lipinski definition) is 9. The van der Waals surface area contributed by atoms with Crippen molar-refractivity contribution in [3.05, 3.63) is 29.8 Å². The van der Waals surface area contributed by atoms with Crippen molar-refractivity contribution in [1.29, 1.82) is 0 Å². The summed E-state index contributed by atoms with van der Waals surface area (Å²) in [6, 6.07) is -0.0925. The number of carbonyl (C=O) groups excluding carboxylic acids is 3. The number of phenolic OH excluding ortho intramolecular Hbond substituents is 1. The molecule has 3 amide bonds. The topological polar surface area (TPSA) is 249 Å². The molecule has 0 spiro atoms. The maximum atomic E-state index is 12.8. The fraction of sp³-hybridized carbons (Fsp3) is 0.500. The number of hydrogen-bond donors (Lipinski definition) is 9. The van der Waals surface area contributed by atoms with Gasteiger partial charge in [0.25, 0.3) is 0 Å². The Hall–Kier alpha value is -3.75. The van der Waals surface area contributed by atoms with Crippen molar-refractivity contribution in [3.63, 3.8) is 0 Å². The van der Waals surface area contributed by atoms with Crippen LogP contribution >= 0.6 is 0 Å². The van der Waals surface area contributed by atoms with E-state index in [-0.39, 0.29) is 12.2 Å². The molecule has 6 unspecified atom stereocenters. The summed E-state index contributed by atoms with van der Waals surface area (Å²) >= 11 is 0. The van der Waals surface area contributed by atoms with E-state index >= 15 is 0 Å². The monoisotopic (exact) mass is 512 g/mol. The summed E-state index contributed by atoms with van der Waals surface area (Å²) in [5.74, 6) is -5.76. The number of aromatic hydroxyl groups is 1. The fourth-order valence-corrected chi connectivity index (χ4v) is 3.08. The molecule has 0 aromatic heterocycles. The average Bonchev–Trinajstić information content (AvgIpc) is 2.78. The summed E-state index contributed by atoms with van der Waals surface area (Å²) in [5.41, 5.74) is 6.50. The number of aliphatic hydroxyl groups is 2. The largest absolute Gasteiger partial charge is 0.508 e. The molecule has 36 heavy (non-hydrogen) atoms. The lowest BCUT2D eigenvalue weighted by molar-refractivity contribution is -0.144. The van der Waals surface area contributed by atoms with Gasteiger partial charge in [-0.05, 0) is 44.4 Å². The minimum Gasteiger partial charge on any atom is -0.508 e. The lowest BCUT2D eigenvalue weighted by Crippen LogP contribution is -2.62. The molecule has 0 aliphatic heterocycles. The Balaban J connectivity index is 2.88. The van der Waals surface area contributed by atoms with Gasteiger partial charge in [-0.3, -0.25) is 19.2 Å². The van der Waals surface area contributed by atoms with Crippen LogP contribution in [-0.2, 0) is 30.4 Å². The van der Waals surface area contributed by atoms with Gasteiger partial charge in [0.1, 0.15) is 23.9 Å². The first kappa shape index (κ1) is 30.3.